The van der Waals surface area contributed by atoms with Gasteiger partial charge >= 0.3 is 0 Å². The first kappa shape index (κ1) is 22.2. The second-order valence-corrected chi connectivity index (χ2v) is 10.2. The molecule has 4 rings (SSSR count). The van der Waals surface area contributed by atoms with E-state index in [0.717, 1.165) is 34.1 Å². The molecule has 0 aliphatic rings. The third-order valence-corrected chi connectivity index (χ3v) is 6.46. The van der Waals surface area contributed by atoms with Crippen LogP contribution in [0.4, 0.5) is 4.39 Å². The molecule has 0 aliphatic carbocycles. The van der Waals surface area contributed by atoms with E-state index in [1.165, 1.54) is 12.1 Å². The minimum atomic E-state index is -3.55. The van der Waals surface area contributed by atoms with Gasteiger partial charge in [-0.1, -0.05) is 56.3 Å². The van der Waals surface area contributed by atoms with Gasteiger partial charge in [-0.3, -0.25) is 0 Å². The van der Waals surface area contributed by atoms with Crippen LogP contribution in [0.2, 0.25) is 0 Å². The fourth-order valence-electron chi connectivity index (χ4n) is 3.71. The first-order chi connectivity index (χ1) is 15.3. The Balaban J connectivity index is 1.50. The predicted molar refractivity (Wildman–Crippen MR) is 125 cm³/mol. The Bertz CT molecular complexity index is 1330. The zero-order valence-corrected chi connectivity index (χ0v) is 18.9. The third-order valence-electron chi connectivity index (χ3n) is 5.17. The summed E-state index contributed by atoms with van der Waals surface area (Å²) in [6, 6.07) is 21.6. The topological polar surface area (TPSA) is 64.0 Å². The van der Waals surface area contributed by atoms with Crippen LogP contribution in [0.25, 0.3) is 16.5 Å². The number of rotatable bonds is 8. The molecule has 3 aromatic carbocycles. The van der Waals surface area contributed by atoms with Gasteiger partial charge in [0.15, 0.2) is 0 Å². The summed E-state index contributed by atoms with van der Waals surface area (Å²) in [7, 11) is -3.55. The Kier molecular flexibility index (Phi) is 6.39. The molecule has 1 aromatic heterocycles. The SMILES string of the molecule is CC(C)Cc1cc(CNS(=O)(=O)Cc2ccc3ccccc3c2)nn1-c1ccc(F)cc1. The van der Waals surface area contributed by atoms with E-state index in [2.05, 4.69) is 23.7 Å². The quantitative estimate of drug-likeness (QED) is 0.411. The maximum Gasteiger partial charge on any atom is 0.216 e. The normalized spacial score (nSPS) is 12.0. The fraction of sp³-hybridized carbons (Fsp3) is 0.240. The van der Waals surface area contributed by atoms with E-state index < -0.39 is 10.0 Å². The number of aromatic nitrogens is 2. The third kappa shape index (κ3) is 5.41. The Morgan fingerprint density at radius 1 is 0.969 bits per heavy atom. The number of sulfonamides is 1. The van der Waals surface area contributed by atoms with Gasteiger partial charge in [0.25, 0.3) is 0 Å². The molecule has 0 unspecified atom stereocenters. The van der Waals surface area contributed by atoms with E-state index >= 15 is 0 Å². The van der Waals surface area contributed by atoms with E-state index in [4.69, 9.17) is 0 Å². The molecule has 1 N–H and O–H groups in total. The predicted octanol–water partition coefficient (Wildman–Crippen LogP) is 4.98. The Morgan fingerprint density at radius 2 is 1.69 bits per heavy atom. The van der Waals surface area contributed by atoms with Gasteiger partial charge in [-0.15, -0.1) is 0 Å². The molecule has 1 heterocycles. The van der Waals surface area contributed by atoms with Crippen molar-refractivity contribution >= 4 is 20.8 Å². The standard InChI is InChI=1S/C25H26FN3O2S/c1-18(2)13-25-15-23(28-29(25)24-11-9-22(26)10-12-24)16-27-32(30,31)17-19-7-8-20-5-3-4-6-21(20)14-19/h3-12,14-15,18,27H,13,16-17H2,1-2H3. The average Bonchev–Trinajstić information content (AvgIpc) is 3.14. The van der Waals surface area contributed by atoms with Crippen LogP contribution in [0.15, 0.2) is 72.8 Å². The second kappa shape index (κ2) is 9.22. The van der Waals surface area contributed by atoms with E-state index in [0.29, 0.717) is 11.6 Å². The summed E-state index contributed by atoms with van der Waals surface area (Å²) in [5, 5.41) is 6.67. The summed E-state index contributed by atoms with van der Waals surface area (Å²) in [6.07, 6.45) is 0.772. The van der Waals surface area contributed by atoms with Crippen molar-refractivity contribution in [2.75, 3.05) is 0 Å². The van der Waals surface area contributed by atoms with Crippen molar-refractivity contribution in [2.24, 2.45) is 5.92 Å². The number of halogens is 1. The van der Waals surface area contributed by atoms with Crippen molar-refractivity contribution in [3.63, 3.8) is 0 Å². The number of nitrogens with zero attached hydrogens (tertiary/aromatic N) is 2. The number of benzene rings is 3. The lowest BCUT2D eigenvalue weighted by molar-refractivity contribution is 0.579. The zero-order valence-electron chi connectivity index (χ0n) is 18.1. The monoisotopic (exact) mass is 451 g/mol. The minimum Gasteiger partial charge on any atom is -0.237 e. The zero-order chi connectivity index (χ0) is 22.7. The maximum atomic E-state index is 13.3. The maximum absolute atomic E-state index is 13.3. The van der Waals surface area contributed by atoms with Crippen LogP contribution in [0.3, 0.4) is 0 Å². The second-order valence-electron chi connectivity index (χ2n) is 8.37. The number of hydrogen-bond acceptors (Lipinski definition) is 3. The highest BCUT2D eigenvalue weighted by Gasteiger charge is 2.16. The van der Waals surface area contributed by atoms with Crippen LogP contribution in [-0.2, 0) is 28.7 Å². The molecule has 0 atom stereocenters. The molecule has 0 spiro atoms. The van der Waals surface area contributed by atoms with Gasteiger partial charge in [-0.05, 0) is 59.0 Å². The molecule has 32 heavy (non-hydrogen) atoms. The molecule has 0 saturated heterocycles. The van der Waals surface area contributed by atoms with Crippen molar-refractivity contribution in [2.45, 2.75) is 32.6 Å². The number of nitrogens with one attached hydrogen (secondary N) is 1. The molecular formula is C25H26FN3O2S. The lowest BCUT2D eigenvalue weighted by Gasteiger charge is -2.09. The molecule has 0 amide bonds. The summed E-state index contributed by atoms with van der Waals surface area (Å²) < 4.78 is 43.1. The van der Waals surface area contributed by atoms with Crippen LogP contribution in [0.5, 0.6) is 0 Å². The van der Waals surface area contributed by atoms with Crippen molar-refractivity contribution in [3.8, 4) is 5.69 Å². The minimum absolute atomic E-state index is 0.0925. The van der Waals surface area contributed by atoms with Crippen molar-refractivity contribution in [3.05, 3.63) is 95.6 Å². The highest BCUT2D eigenvalue weighted by Crippen LogP contribution is 2.19. The van der Waals surface area contributed by atoms with Crippen molar-refractivity contribution in [1.29, 1.82) is 0 Å². The van der Waals surface area contributed by atoms with Gasteiger partial charge in [0.05, 0.1) is 23.7 Å². The highest BCUT2D eigenvalue weighted by molar-refractivity contribution is 7.88. The van der Waals surface area contributed by atoms with E-state index in [1.54, 1.807) is 16.8 Å². The van der Waals surface area contributed by atoms with E-state index in [-0.39, 0.29) is 18.1 Å². The van der Waals surface area contributed by atoms with Gasteiger partial charge in [-0.25, -0.2) is 22.2 Å². The first-order valence-electron chi connectivity index (χ1n) is 10.6. The first-order valence-corrected chi connectivity index (χ1v) is 12.2. The molecule has 5 nitrogen and oxygen atoms in total. The van der Waals surface area contributed by atoms with Crippen LogP contribution in [0.1, 0.15) is 30.8 Å². The molecule has 0 aliphatic heterocycles. The van der Waals surface area contributed by atoms with Gasteiger partial charge in [0.2, 0.25) is 10.0 Å². The average molecular weight is 452 g/mol. The molecular weight excluding hydrogens is 425 g/mol. The Hall–Kier alpha value is -3.03. The Morgan fingerprint density at radius 3 is 2.41 bits per heavy atom. The summed E-state index contributed by atoms with van der Waals surface area (Å²) in [6.45, 7) is 4.30. The van der Waals surface area contributed by atoms with Crippen molar-refractivity contribution < 1.29 is 12.8 Å². The van der Waals surface area contributed by atoms with Crippen LogP contribution in [-0.4, -0.2) is 18.2 Å². The number of fused-ring (bicyclic) bond motifs is 1. The molecule has 0 saturated carbocycles. The summed E-state index contributed by atoms with van der Waals surface area (Å²) in [4.78, 5) is 0. The van der Waals surface area contributed by atoms with Crippen molar-refractivity contribution in [1.82, 2.24) is 14.5 Å². The summed E-state index contributed by atoms with van der Waals surface area (Å²) in [5.41, 5.74) is 3.04. The molecule has 0 radical (unpaired) electrons. The van der Waals surface area contributed by atoms with Gasteiger partial charge in [0.1, 0.15) is 5.82 Å². The lowest BCUT2D eigenvalue weighted by Crippen LogP contribution is -2.25. The van der Waals surface area contributed by atoms with E-state index in [1.807, 2.05) is 48.5 Å². The fourth-order valence-corrected chi connectivity index (χ4v) is 4.80. The van der Waals surface area contributed by atoms with Gasteiger partial charge < -0.3 is 0 Å². The molecule has 0 bridgehead atoms. The highest BCUT2D eigenvalue weighted by atomic mass is 32.2. The van der Waals surface area contributed by atoms with Gasteiger partial charge in [0, 0.05) is 5.69 Å². The van der Waals surface area contributed by atoms with Crippen LogP contribution >= 0.6 is 0 Å². The number of hydrogen-bond donors (Lipinski definition) is 1. The molecule has 7 heteroatoms. The Labute approximate surface area is 188 Å². The van der Waals surface area contributed by atoms with Crippen LogP contribution < -0.4 is 4.72 Å². The lowest BCUT2D eigenvalue weighted by atomic mass is 10.1. The van der Waals surface area contributed by atoms with Crippen LogP contribution in [0, 0.1) is 11.7 Å². The molecule has 166 valence electrons. The molecule has 0 fully saturated rings. The summed E-state index contributed by atoms with van der Waals surface area (Å²) in [5.74, 6) is -0.0219. The largest absolute Gasteiger partial charge is 0.237 e. The molecule has 4 aromatic rings. The van der Waals surface area contributed by atoms with Gasteiger partial charge in [-0.2, -0.15) is 5.10 Å². The smallest absolute Gasteiger partial charge is 0.216 e. The summed E-state index contributed by atoms with van der Waals surface area (Å²) >= 11 is 0. The van der Waals surface area contributed by atoms with E-state index in [9.17, 15) is 12.8 Å².